The molecule has 228 valence electrons. The predicted molar refractivity (Wildman–Crippen MR) is 167 cm³/mol. The number of rotatable bonds is 7. The lowest BCUT2D eigenvalue weighted by molar-refractivity contribution is -0.140. The Kier molecular flexibility index (Phi) is 9.62. The molecule has 0 saturated carbocycles. The van der Waals surface area contributed by atoms with Gasteiger partial charge in [-0.3, -0.25) is 9.36 Å². The summed E-state index contributed by atoms with van der Waals surface area (Å²) in [6.45, 7) is 1.47. The molecule has 0 bridgehead atoms. The van der Waals surface area contributed by atoms with Gasteiger partial charge in [0.2, 0.25) is 0 Å². The van der Waals surface area contributed by atoms with E-state index in [9.17, 15) is 22.8 Å². The fourth-order valence-electron chi connectivity index (χ4n) is 4.47. The van der Waals surface area contributed by atoms with Crippen LogP contribution in [0.25, 0.3) is 6.08 Å². The average molecular weight is 747 g/mol. The molecule has 4 aromatic rings. The van der Waals surface area contributed by atoms with Gasteiger partial charge in [0.1, 0.15) is 12.4 Å². The molecule has 44 heavy (non-hydrogen) atoms. The van der Waals surface area contributed by atoms with Crippen LogP contribution < -0.4 is 19.6 Å². The van der Waals surface area contributed by atoms with E-state index in [4.69, 9.17) is 44.3 Å². The van der Waals surface area contributed by atoms with E-state index in [1.54, 1.807) is 36.4 Å². The van der Waals surface area contributed by atoms with Crippen molar-refractivity contribution in [3.8, 4) is 5.75 Å². The van der Waals surface area contributed by atoms with Crippen molar-refractivity contribution < 1.29 is 27.4 Å². The highest BCUT2D eigenvalue weighted by Gasteiger charge is 2.45. The summed E-state index contributed by atoms with van der Waals surface area (Å²) in [6.07, 6.45) is -3.48. The topological polar surface area (TPSA) is 69.9 Å². The molecule has 0 aliphatic carbocycles. The number of carbonyl (C=O) groups excluding carboxylic acids is 1. The van der Waals surface area contributed by atoms with Crippen molar-refractivity contribution in [1.29, 1.82) is 0 Å². The van der Waals surface area contributed by atoms with Gasteiger partial charge in [-0.25, -0.2) is 9.79 Å². The second-order valence-corrected chi connectivity index (χ2v) is 12.5. The Bertz CT molecular complexity index is 1980. The molecule has 0 fully saturated rings. The van der Waals surface area contributed by atoms with Gasteiger partial charge in [0.05, 0.1) is 27.2 Å². The molecule has 1 aliphatic heterocycles. The molecule has 0 saturated heterocycles. The highest BCUT2D eigenvalue weighted by Crippen LogP contribution is 2.38. The van der Waals surface area contributed by atoms with Gasteiger partial charge in [0, 0.05) is 20.6 Å². The number of esters is 1. The van der Waals surface area contributed by atoms with Crippen molar-refractivity contribution in [3.05, 3.63) is 128 Å². The highest BCUT2D eigenvalue weighted by molar-refractivity contribution is 9.10. The zero-order valence-corrected chi connectivity index (χ0v) is 27.1. The van der Waals surface area contributed by atoms with Crippen LogP contribution in [0, 0.1) is 0 Å². The lowest BCUT2D eigenvalue weighted by Crippen LogP contribution is -2.41. The van der Waals surface area contributed by atoms with E-state index in [1.807, 2.05) is 0 Å². The summed E-state index contributed by atoms with van der Waals surface area (Å²) >= 11 is 22.4. The molecule has 6 nitrogen and oxygen atoms in total. The summed E-state index contributed by atoms with van der Waals surface area (Å²) in [5.74, 6) is -0.733. The summed E-state index contributed by atoms with van der Waals surface area (Å²) in [5, 5.41) is 1.28. The van der Waals surface area contributed by atoms with Crippen molar-refractivity contribution >= 4 is 74.1 Å². The molecule has 1 aliphatic rings. The van der Waals surface area contributed by atoms with Crippen molar-refractivity contribution in [2.75, 3.05) is 6.61 Å². The maximum absolute atomic E-state index is 14.3. The van der Waals surface area contributed by atoms with Crippen LogP contribution in [0.4, 0.5) is 13.2 Å². The molecule has 0 amide bonds. The molecule has 0 radical (unpaired) electrons. The fourth-order valence-corrected chi connectivity index (χ4v) is 6.57. The van der Waals surface area contributed by atoms with Crippen molar-refractivity contribution in [2.24, 2.45) is 4.99 Å². The van der Waals surface area contributed by atoms with Crippen LogP contribution in [0.15, 0.2) is 86.2 Å². The highest BCUT2D eigenvalue weighted by atomic mass is 79.9. The van der Waals surface area contributed by atoms with E-state index in [0.29, 0.717) is 30.9 Å². The Balaban J connectivity index is 1.58. The Hall–Kier alpha value is -3.09. The largest absolute Gasteiger partial charge is 0.488 e. The van der Waals surface area contributed by atoms with Crippen LogP contribution in [-0.2, 0) is 16.1 Å². The van der Waals surface area contributed by atoms with E-state index in [-0.39, 0.29) is 28.1 Å². The first-order chi connectivity index (χ1) is 20.9. The van der Waals surface area contributed by atoms with Gasteiger partial charge in [0.15, 0.2) is 10.5 Å². The fraction of sp³-hybridized carbons (Fsp3) is 0.167. The third-order valence-corrected chi connectivity index (χ3v) is 8.87. The molecule has 3 aromatic carbocycles. The molecule has 0 unspecified atom stereocenters. The van der Waals surface area contributed by atoms with Gasteiger partial charge in [-0.05, 0) is 76.5 Å². The monoisotopic (exact) mass is 744 g/mol. The number of nitrogens with zero attached hydrogens (tertiary/aromatic N) is 2. The van der Waals surface area contributed by atoms with Gasteiger partial charge in [-0.2, -0.15) is 13.2 Å². The van der Waals surface area contributed by atoms with E-state index in [0.717, 1.165) is 21.5 Å². The van der Waals surface area contributed by atoms with E-state index < -0.39 is 35.0 Å². The van der Waals surface area contributed by atoms with Crippen LogP contribution in [0.3, 0.4) is 0 Å². The normalized spacial score (nSPS) is 15.2. The Morgan fingerprint density at radius 2 is 1.77 bits per heavy atom. The average Bonchev–Trinajstić information content (AvgIpc) is 3.27. The van der Waals surface area contributed by atoms with Crippen LogP contribution in [-0.4, -0.2) is 23.3 Å². The number of ether oxygens (including phenoxy) is 2. The van der Waals surface area contributed by atoms with Gasteiger partial charge in [-0.1, -0.05) is 70.4 Å². The number of halogens is 7. The maximum Gasteiger partial charge on any atom is 0.434 e. The zero-order chi connectivity index (χ0) is 31.8. The SMILES string of the molecule is CCOC(=O)C1=C(C(F)(F)F)N=c2s/c(=C\c3ccc(OCc4ccc(Cl)cc4Cl)c(Br)c3)c(=O)n2[C@H]1c1ccc(Cl)cc1. The summed E-state index contributed by atoms with van der Waals surface area (Å²) in [4.78, 5) is 30.2. The first kappa shape index (κ1) is 32.3. The van der Waals surface area contributed by atoms with Gasteiger partial charge in [0.25, 0.3) is 5.56 Å². The third-order valence-electron chi connectivity index (χ3n) is 6.43. The maximum atomic E-state index is 14.3. The van der Waals surface area contributed by atoms with Crippen molar-refractivity contribution in [3.63, 3.8) is 0 Å². The molecular weight excluding hydrogens is 728 g/mol. The van der Waals surface area contributed by atoms with Crippen LogP contribution in [0.2, 0.25) is 15.1 Å². The number of hydrogen-bond donors (Lipinski definition) is 0. The molecule has 2 heterocycles. The molecule has 1 aromatic heterocycles. The smallest absolute Gasteiger partial charge is 0.434 e. The van der Waals surface area contributed by atoms with Gasteiger partial charge >= 0.3 is 12.1 Å². The molecule has 0 spiro atoms. The second kappa shape index (κ2) is 13.1. The molecule has 0 N–H and O–H groups in total. The Labute approximate surface area is 275 Å². The Morgan fingerprint density at radius 3 is 2.41 bits per heavy atom. The number of aromatic nitrogens is 1. The first-order valence-corrected chi connectivity index (χ1v) is 15.5. The van der Waals surface area contributed by atoms with Crippen LogP contribution >= 0.6 is 62.1 Å². The number of alkyl halides is 3. The number of carbonyl (C=O) groups is 1. The number of fused-ring (bicyclic) bond motifs is 1. The van der Waals surface area contributed by atoms with Crippen molar-refractivity contribution in [2.45, 2.75) is 25.7 Å². The van der Waals surface area contributed by atoms with Gasteiger partial charge in [-0.15, -0.1) is 0 Å². The number of hydrogen-bond acceptors (Lipinski definition) is 6. The van der Waals surface area contributed by atoms with Crippen LogP contribution in [0.5, 0.6) is 5.75 Å². The number of thiazole rings is 1. The summed E-state index contributed by atoms with van der Waals surface area (Å²) in [5.41, 5.74) is -1.33. The third kappa shape index (κ3) is 6.77. The lowest BCUT2D eigenvalue weighted by Gasteiger charge is -2.26. The lowest BCUT2D eigenvalue weighted by atomic mass is 9.95. The molecular formula is C30H19BrCl3F3N2O4S. The van der Waals surface area contributed by atoms with Gasteiger partial charge < -0.3 is 9.47 Å². The second-order valence-electron chi connectivity index (χ2n) is 9.33. The van der Waals surface area contributed by atoms with Crippen LogP contribution in [0.1, 0.15) is 29.7 Å². The quantitative estimate of drug-likeness (QED) is 0.183. The zero-order valence-electron chi connectivity index (χ0n) is 22.4. The van der Waals surface area contributed by atoms with E-state index in [1.165, 1.54) is 37.3 Å². The summed E-state index contributed by atoms with van der Waals surface area (Å²) < 4.78 is 55.5. The van der Waals surface area contributed by atoms with Crippen molar-refractivity contribution in [1.82, 2.24) is 4.57 Å². The minimum Gasteiger partial charge on any atom is -0.488 e. The minimum atomic E-state index is -5.00. The Morgan fingerprint density at radius 1 is 1.07 bits per heavy atom. The summed E-state index contributed by atoms with van der Waals surface area (Å²) in [7, 11) is 0. The predicted octanol–water partition coefficient (Wildman–Crippen LogP) is 7.64. The standard InChI is InChI=1S/C30H19BrCl3F3N2O4S/c1-2-42-28(41)24-25(16-4-7-18(32)8-5-16)39-27(40)23(44-29(39)38-26(24)30(35,36)37)12-15-3-10-22(20(31)11-15)43-14-17-6-9-19(33)13-21(17)34/h3-13,25H,2,14H2,1H3/b23-12-/t25-/m0/s1. The van der Waals surface area contributed by atoms with E-state index >= 15 is 0 Å². The summed E-state index contributed by atoms with van der Waals surface area (Å²) in [6, 6.07) is 14.5. The number of benzene rings is 3. The molecule has 1 atom stereocenters. The molecule has 5 rings (SSSR count). The molecule has 14 heteroatoms. The first-order valence-electron chi connectivity index (χ1n) is 12.8. The minimum absolute atomic E-state index is 0.0999. The number of allylic oxidation sites excluding steroid dienone is 1. The van der Waals surface area contributed by atoms with E-state index in [2.05, 4.69) is 20.9 Å².